The molecule has 0 N–H and O–H groups in total. The molecular weight excluding hydrogens is 166 g/mol. The van der Waals surface area contributed by atoms with Gasteiger partial charge >= 0.3 is 0 Å². The van der Waals surface area contributed by atoms with Crippen LogP contribution in [0.1, 0.15) is 25.7 Å². The molecule has 5 nitrogen and oxygen atoms in total. The first-order chi connectivity index (χ1) is 6.35. The molecule has 1 aliphatic rings. The van der Waals surface area contributed by atoms with E-state index in [0.717, 1.165) is 25.8 Å². The highest BCUT2D eigenvalue weighted by Gasteiger charge is 2.36. The first-order valence-corrected chi connectivity index (χ1v) is 4.47. The molecule has 0 unspecified atom stereocenters. The third-order valence-electron chi connectivity index (χ3n) is 2.76. The Bertz CT molecular complexity index is 306. The Morgan fingerprint density at radius 1 is 1.54 bits per heavy atom. The summed E-state index contributed by atoms with van der Waals surface area (Å²) in [6, 6.07) is 2.40. The van der Waals surface area contributed by atoms with E-state index in [1.807, 2.05) is 0 Å². The largest absolute Gasteiger partial charge is 0.232 e. The number of hydrogen-bond donors (Lipinski definition) is 0. The van der Waals surface area contributed by atoms with Gasteiger partial charge in [0.1, 0.15) is 6.33 Å². The topological polar surface area (TPSA) is 67.4 Å². The van der Waals surface area contributed by atoms with E-state index in [4.69, 9.17) is 5.26 Å². The van der Waals surface area contributed by atoms with Crippen molar-refractivity contribution in [1.82, 2.24) is 20.2 Å². The molecule has 1 saturated carbocycles. The quantitative estimate of drug-likeness (QED) is 0.683. The van der Waals surface area contributed by atoms with Gasteiger partial charge in [0, 0.05) is 6.54 Å². The molecular formula is C8H11N5. The molecule has 0 atom stereocenters. The van der Waals surface area contributed by atoms with Gasteiger partial charge in [0.05, 0.1) is 11.5 Å². The van der Waals surface area contributed by atoms with Crippen LogP contribution in [0.5, 0.6) is 0 Å². The van der Waals surface area contributed by atoms with E-state index in [1.165, 1.54) is 6.42 Å². The van der Waals surface area contributed by atoms with Crippen molar-refractivity contribution in [2.45, 2.75) is 32.2 Å². The van der Waals surface area contributed by atoms with Crippen LogP contribution in [-0.2, 0) is 6.54 Å². The summed E-state index contributed by atoms with van der Waals surface area (Å²) in [5.41, 5.74) is -0.0774. The lowest BCUT2D eigenvalue weighted by atomic mass is 9.68. The zero-order valence-electron chi connectivity index (χ0n) is 7.35. The molecule has 2 rings (SSSR count). The maximum Gasteiger partial charge on any atom is 0.138 e. The van der Waals surface area contributed by atoms with Crippen molar-refractivity contribution in [3.63, 3.8) is 0 Å². The molecule has 0 aromatic carbocycles. The minimum absolute atomic E-state index is 0.0774. The zero-order chi connectivity index (χ0) is 9.15. The van der Waals surface area contributed by atoms with Crippen LogP contribution < -0.4 is 0 Å². The average Bonchev–Trinajstić information content (AvgIpc) is 2.56. The Balaban J connectivity index is 1.89. The second kappa shape index (κ2) is 3.13. The number of rotatable bonds is 3. The van der Waals surface area contributed by atoms with Crippen LogP contribution in [0, 0.1) is 16.7 Å². The molecule has 1 aromatic heterocycles. The van der Waals surface area contributed by atoms with Crippen molar-refractivity contribution in [2.75, 3.05) is 0 Å². The summed E-state index contributed by atoms with van der Waals surface area (Å²) in [4.78, 5) is 0. The number of nitriles is 1. The van der Waals surface area contributed by atoms with Gasteiger partial charge < -0.3 is 0 Å². The summed E-state index contributed by atoms with van der Waals surface area (Å²) in [6.45, 7) is 0.751. The van der Waals surface area contributed by atoms with E-state index in [2.05, 4.69) is 21.6 Å². The number of hydrogen-bond acceptors (Lipinski definition) is 4. The van der Waals surface area contributed by atoms with E-state index in [1.54, 1.807) is 11.0 Å². The predicted molar refractivity (Wildman–Crippen MR) is 44.3 cm³/mol. The van der Waals surface area contributed by atoms with Crippen LogP contribution in [0.4, 0.5) is 0 Å². The standard InChI is InChI=1S/C8H11N5/c9-6-8(2-1-3-8)4-5-13-7-10-11-12-13/h7H,1-5H2. The van der Waals surface area contributed by atoms with Gasteiger partial charge in [-0.15, -0.1) is 5.10 Å². The van der Waals surface area contributed by atoms with Gasteiger partial charge in [0.15, 0.2) is 0 Å². The molecule has 1 aromatic rings. The highest BCUT2D eigenvalue weighted by Crippen LogP contribution is 2.43. The van der Waals surface area contributed by atoms with Crippen LogP contribution in [0.2, 0.25) is 0 Å². The van der Waals surface area contributed by atoms with Crippen molar-refractivity contribution in [3.05, 3.63) is 6.33 Å². The third kappa shape index (κ3) is 1.52. The van der Waals surface area contributed by atoms with Gasteiger partial charge in [-0.25, -0.2) is 4.68 Å². The zero-order valence-corrected chi connectivity index (χ0v) is 7.35. The first kappa shape index (κ1) is 8.17. The smallest absolute Gasteiger partial charge is 0.138 e. The molecule has 0 amide bonds. The Labute approximate surface area is 76.4 Å². The predicted octanol–water partition coefficient (Wildman–Crippen LogP) is 0.757. The van der Waals surface area contributed by atoms with E-state index in [9.17, 15) is 0 Å². The maximum absolute atomic E-state index is 8.95. The van der Waals surface area contributed by atoms with Gasteiger partial charge in [-0.3, -0.25) is 0 Å². The molecule has 5 heteroatoms. The molecule has 0 saturated heterocycles. The maximum atomic E-state index is 8.95. The van der Waals surface area contributed by atoms with Gasteiger partial charge in [-0.1, -0.05) is 6.42 Å². The van der Waals surface area contributed by atoms with E-state index < -0.39 is 0 Å². The van der Waals surface area contributed by atoms with Crippen molar-refractivity contribution in [1.29, 1.82) is 5.26 Å². The number of aryl methyl sites for hydroxylation is 1. The number of tetrazole rings is 1. The van der Waals surface area contributed by atoms with Crippen molar-refractivity contribution in [3.8, 4) is 6.07 Å². The van der Waals surface area contributed by atoms with Crippen molar-refractivity contribution in [2.24, 2.45) is 5.41 Å². The summed E-state index contributed by atoms with van der Waals surface area (Å²) < 4.78 is 1.68. The normalized spacial score (nSPS) is 19.0. The van der Waals surface area contributed by atoms with Crippen LogP contribution >= 0.6 is 0 Å². The monoisotopic (exact) mass is 177 g/mol. The molecule has 68 valence electrons. The summed E-state index contributed by atoms with van der Waals surface area (Å²) in [5, 5.41) is 19.8. The van der Waals surface area contributed by atoms with E-state index in [0.29, 0.717) is 0 Å². The molecule has 1 heterocycles. The Hall–Kier alpha value is -1.44. The van der Waals surface area contributed by atoms with Crippen LogP contribution in [0.15, 0.2) is 6.33 Å². The van der Waals surface area contributed by atoms with Gasteiger partial charge in [-0.05, 0) is 29.7 Å². The molecule has 0 radical (unpaired) electrons. The molecule has 0 spiro atoms. The minimum atomic E-state index is -0.0774. The number of aromatic nitrogens is 4. The molecule has 0 aliphatic heterocycles. The SMILES string of the molecule is N#CC1(CCn2cnnn2)CCC1. The molecule has 0 bridgehead atoms. The average molecular weight is 177 g/mol. The van der Waals surface area contributed by atoms with Gasteiger partial charge in [0.25, 0.3) is 0 Å². The summed E-state index contributed by atoms with van der Waals surface area (Å²) in [7, 11) is 0. The van der Waals surface area contributed by atoms with E-state index in [-0.39, 0.29) is 5.41 Å². The van der Waals surface area contributed by atoms with Crippen LogP contribution in [0.25, 0.3) is 0 Å². The summed E-state index contributed by atoms with van der Waals surface area (Å²) in [6.07, 6.45) is 5.71. The molecule has 1 fully saturated rings. The minimum Gasteiger partial charge on any atom is -0.232 e. The second-order valence-electron chi connectivity index (χ2n) is 3.57. The lowest BCUT2D eigenvalue weighted by Crippen LogP contribution is -2.28. The molecule has 13 heavy (non-hydrogen) atoms. The van der Waals surface area contributed by atoms with Gasteiger partial charge in [-0.2, -0.15) is 5.26 Å². The van der Waals surface area contributed by atoms with Gasteiger partial charge in [0.2, 0.25) is 0 Å². The highest BCUT2D eigenvalue weighted by atomic mass is 15.5. The lowest BCUT2D eigenvalue weighted by Gasteiger charge is -2.34. The summed E-state index contributed by atoms with van der Waals surface area (Å²) in [5.74, 6) is 0. The Kier molecular flexibility index (Phi) is 1.97. The highest BCUT2D eigenvalue weighted by molar-refractivity contribution is 5.04. The fraction of sp³-hybridized carbons (Fsp3) is 0.750. The Morgan fingerprint density at radius 2 is 2.38 bits per heavy atom. The van der Waals surface area contributed by atoms with Crippen LogP contribution in [-0.4, -0.2) is 20.2 Å². The number of nitrogens with zero attached hydrogens (tertiary/aromatic N) is 5. The fourth-order valence-corrected chi connectivity index (χ4v) is 1.63. The van der Waals surface area contributed by atoms with Crippen molar-refractivity contribution < 1.29 is 0 Å². The molecule has 1 aliphatic carbocycles. The lowest BCUT2D eigenvalue weighted by molar-refractivity contribution is 0.185. The first-order valence-electron chi connectivity index (χ1n) is 4.47. The van der Waals surface area contributed by atoms with E-state index >= 15 is 0 Å². The summed E-state index contributed by atoms with van der Waals surface area (Å²) >= 11 is 0. The Morgan fingerprint density at radius 3 is 2.85 bits per heavy atom. The fourth-order valence-electron chi connectivity index (χ4n) is 1.63. The third-order valence-corrected chi connectivity index (χ3v) is 2.76. The van der Waals surface area contributed by atoms with Crippen molar-refractivity contribution >= 4 is 0 Å². The second-order valence-corrected chi connectivity index (χ2v) is 3.57. The van der Waals surface area contributed by atoms with Crippen LogP contribution in [0.3, 0.4) is 0 Å².